The van der Waals surface area contributed by atoms with Gasteiger partial charge in [0.2, 0.25) is 0 Å². The highest BCUT2D eigenvalue weighted by Crippen LogP contribution is 2.31. The maximum absolute atomic E-state index is 14.1. The topological polar surface area (TPSA) is 99.7 Å². The van der Waals surface area contributed by atoms with Crippen LogP contribution in [0.5, 0.6) is 0 Å². The number of hydrogen-bond acceptors (Lipinski definition) is 7. The summed E-state index contributed by atoms with van der Waals surface area (Å²) in [5.41, 5.74) is 6.90. The SMILES string of the molecule is COC(=O)C1C=C(c2ccc(C#N)c(F)c2)N(CCC(=O)C=C(C)N)N1C. The Morgan fingerprint density at radius 2 is 2.15 bits per heavy atom. The number of nitrogens with two attached hydrogens (primary N) is 1. The average Bonchev–Trinajstić information content (AvgIpc) is 2.95. The van der Waals surface area contributed by atoms with Gasteiger partial charge in [-0.2, -0.15) is 5.26 Å². The number of ether oxygens (including phenoxy) is 1. The number of halogens is 1. The van der Waals surface area contributed by atoms with Crippen LogP contribution in [-0.2, 0) is 14.3 Å². The van der Waals surface area contributed by atoms with E-state index in [1.54, 1.807) is 42.2 Å². The molecule has 0 spiro atoms. The first-order valence-electron chi connectivity index (χ1n) is 8.25. The third kappa shape index (κ3) is 4.51. The molecule has 1 heterocycles. The Morgan fingerprint density at radius 1 is 1.44 bits per heavy atom. The third-order valence-electron chi connectivity index (χ3n) is 4.16. The highest BCUT2D eigenvalue weighted by molar-refractivity contribution is 5.90. The molecule has 7 nitrogen and oxygen atoms in total. The van der Waals surface area contributed by atoms with Gasteiger partial charge in [0.1, 0.15) is 17.9 Å². The van der Waals surface area contributed by atoms with Crippen molar-refractivity contribution in [1.82, 2.24) is 10.0 Å². The number of ketones is 1. The summed E-state index contributed by atoms with van der Waals surface area (Å²) < 4.78 is 18.9. The Balaban J connectivity index is 2.34. The fourth-order valence-corrected chi connectivity index (χ4v) is 2.84. The van der Waals surface area contributed by atoms with Crippen LogP contribution in [0.25, 0.3) is 5.70 Å². The minimum absolute atomic E-state index is 0.0690. The molecule has 27 heavy (non-hydrogen) atoms. The monoisotopic (exact) mass is 372 g/mol. The molecule has 0 fully saturated rings. The molecule has 8 heteroatoms. The molecule has 0 aromatic heterocycles. The summed E-state index contributed by atoms with van der Waals surface area (Å²) in [4.78, 5) is 24.0. The first-order valence-corrected chi connectivity index (χ1v) is 8.25. The predicted molar refractivity (Wildman–Crippen MR) is 96.9 cm³/mol. The van der Waals surface area contributed by atoms with E-state index in [4.69, 9.17) is 15.7 Å². The van der Waals surface area contributed by atoms with Crippen molar-refractivity contribution in [2.24, 2.45) is 5.73 Å². The highest BCUT2D eigenvalue weighted by Gasteiger charge is 2.35. The molecule has 0 amide bonds. The van der Waals surface area contributed by atoms with E-state index in [2.05, 4.69) is 0 Å². The van der Waals surface area contributed by atoms with E-state index in [0.29, 0.717) is 17.0 Å². The van der Waals surface area contributed by atoms with Crippen LogP contribution in [0.15, 0.2) is 36.0 Å². The standard InChI is InChI=1S/C19H21FN4O3/c1-12(22)8-15(25)6-7-24-17(10-18(23(24)2)19(26)27-3)13-4-5-14(11-21)16(20)9-13/h4-5,8-10,18H,6-7,22H2,1-3H3. The second kappa shape index (κ2) is 8.47. The number of allylic oxidation sites excluding steroid dienone is 2. The van der Waals surface area contributed by atoms with Gasteiger partial charge in [-0.05, 0) is 31.2 Å². The number of nitrogens with zero attached hydrogens (tertiary/aromatic N) is 3. The fourth-order valence-electron chi connectivity index (χ4n) is 2.84. The Bertz CT molecular complexity index is 853. The van der Waals surface area contributed by atoms with Crippen molar-refractivity contribution in [2.45, 2.75) is 19.4 Å². The van der Waals surface area contributed by atoms with Crippen LogP contribution in [0, 0.1) is 17.1 Å². The molecule has 0 bridgehead atoms. The van der Waals surface area contributed by atoms with Gasteiger partial charge in [-0.3, -0.25) is 4.79 Å². The molecular weight excluding hydrogens is 351 g/mol. The number of rotatable bonds is 6. The molecule has 1 aromatic carbocycles. The molecule has 1 unspecified atom stereocenters. The average molecular weight is 372 g/mol. The minimum Gasteiger partial charge on any atom is -0.468 e. The van der Waals surface area contributed by atoms with Crippen molar-refractivity contribution >= 4 is 17.4 Å². The molecule has 0 radical (unpaired) electrons. The van der Waals surface area contributed by atoms with E-state index in [1.165, 1.54) is 25.3 Å². The Kier molecular flexibility index (Phi) is 6.32. The number of benzene rings is 1. The largest absolute Gasteiger partial charge is 0.468 e. The van der Waals surface area contributed by atoms with Gasteiger partial charge in [-0.1, -0.05) is 6.07 Å². The van der Waals surface area contributed by atoms with E-state index in [-0.39, 0.29) is 24.3 Å². The quantitative estimate of drug-likeness (QED) is 0.597. The van der Waals surface area contributed by atoms with Crippen molar-refractivity contribution in [2.75, 3.05) is 20.7 Å². The second-order valence-corrected chi connectivity index (χ2v) is 6.13. The summed E-state index contributed by atoms with van der Waals surface area (Å²) in [7, 11) is 2.96. The van der Waals surface area contributed by atoms with Crippen LogP contribution in [-0.4, -0.2) is 48.5 Å². The molecule has 1 aromatic rings. The molecule has 1 aliphatic heterocycles. The van der Waals surface area contributed by atoms with E-state index < -0.39 is 17.8 Å². The lowest BCUT2D eigenvalue weighted by Gasteiger charge is -2.31. The summed E-state index contributed by atoms with van der Waals surface area (Å²) in [6.07, 6.45) is 3.14. The Labute approximate surface area is 157 Å². The van der Waals surface area contributed by atoms with Crippen LogP contribution >= 0.6 is 0 Å². The zero-order valence-corrected chi connectivity index (χ0v) is 15.4. The Morgan fingerprint density at radius 3 is 2.70 bits per heavy atom. The van der Waals surface area contributed by atoms with Crippen molar-refractivity contribution in [3.05, 3.63) is 53.0 Å². The van der Waals surface area contributed by atoms with Gasteiger partial charge >= 0.3 is 5.97 Å². The molecule has 1 atom stereocenters. The number of hydrogen-bond donors (Lipinski definition) is 1. The predicted octanol–water partition coefficient (Wildman–Crippen LogP) is 1.56. The molecule has 0 saturated carbocycles. The zero-order valence-electron chi connectivity index (χ0n) is 15.4. The summed E-state index contributed by atoms with van der Waals surface area (Å²) in [5.74, 6) is -1.29. The van der Waals surface area contributed by atoms with Gasteiger partial charge in [0.25, 0.3) is 0 Å². The van der Waals surface area contributed by atoms with Gasteiger partial charge in [-0.25, -0.2) is 14.2 Å². The van der Waals surface area contributed by atoms with Crippen molar-refractivity contribution in [1.29, 1.82) is 5.26 Å². The van der Waals surface area contributed by atoms with Gasteiger partial charge in [0.05, 0.1) is 18.4 Å². The zero-order chi connectivity index (χ0) is 20.1. The number of esters is 1. The van der Waals surface area contributed by atoms with Crippen molar-refractivity contribution in [3.8, 4) is 6.07 Å². The molecule has 2 rings (SSSR count). The van der Waals surface area contributed by atoms with E-state index in [1.807, 2.05) is 0 Å². The van der Waals surface area contributed by atoms with Crippen LogP contribution in [0.2, 0.25) is 0 Å². The Hall–Kier alpha value is -3.18. The van der Waals surface area contributed by atoms with Crippen molar-refractivity contribution in [3.63, 3.8) is 0 Å². The molecular formula is C19H21FN4O3. The minimum atomic E-state index is -0.703. The number of methoxy groups -OCH3 is 1. The lowest BCUT2D eigenvalue weighted by atomic mass is 10.1. The van der Waals surface area contributed by atoms with Crippen LogP contribution in [0.4, 0.5) is 4.39 Å². The maximum atomic E-state index is 14.1. The third-order valence-corrected chi connectivity index (χ3v) is 4.16. The number of likely N-dealkylation sites (N-methyl/N-ethyl adjacent to an activating group) is 1. The van der Waals surface area contributed by atoms with Gasteiger partial charge in [0, 0.05) is 31.3 Å². The number of carbonyl (C=O) groups excluding carboxylic acids is 2. The lowest BCUT2D eigenvalue weighted by molar-refractivity contribution is -0.147. The normalized spacial score (nSPS) is 17.4. The molecule has 142 valence electrons. The first-order chi connectivity index (χ1) is 12.8. The number of hydrazine groups is 1. The first kappa shape index (κ1) is 20.1. The van der Waals surface area contributed by atoms with Crippen LogP contribution in [0.1, 0.15) is 24.5 Å². The van der Waals surface area contributed by atoms with Gasteiger partial charge in [0.15, 0.2) is 5.78 Å². The van der Waals surface area contributed by atoms with E-state index in [9.17, 15) is 14.0 Å². The summed E-state index contributed by atoms with van der Waals surface area (Å²) in [6.45, 7) is 1.89. The summed E-state index contributed by atoms with van der Waals surface area (Å²) in [5, 5.41) is 12.2. The summed E-state index contributed by atoms with van der Waals surface area (Å²) in [6, 6.07) is 5.27. The summed E-state index contributed by atoms with van der Waals surface area (Å²) >= 11 is 0. The highest BCUT2D eigenvalue weighted by atomic mass is 19.1. The van der Waals surface area contributed by atoms with Crippen LogP contribution < -0.4 is 5.73 Å². The van der Waals surface area contributed by atoms with E-state index >= 15 is 0 Å². The molecule has 1 aliphatic rings. The fraction of sp³-hybridized carbons (Fsp3) is 0.316. The van der Waals surface area contributed by atoms with Gasteiger partial charge in [-0.15, -0.1) is 0 Å². The molecule has 0 saturated heterocycles. The van der Waals surface area contributed by atoms with Gasteiger partial charge < -0.3 is 15.5 Å². The smallest absolute Gasteiger partial charge is 0.329 e. The maximum Gasteiger partial charge on any atom is 0.329 e. The van der Waals surface area contributed by atoms with Crippen LogP contribution in [0.3, 0.4) is 0 Å². The van der Waals surface area contributed by atoms with E-state index in [0.717, 1.165) is 0 Å². The lowest BCUT2D eigenvalue weighted by Crippen LogP contribution is -2.43. The second-order valence-electron chi connectivity index (χ2n) is 6.13. The number of carbonyl (C=O) groups is 2. The van der Waals surface area contributed by atoms with Crippen molar-refractivity contribution < 1.29 is 18.7 Å². The molecule has 2 N–H and O–H groups in total. The molecule has 0 aliphatic carbocycles. The number of nitriles is 1.